The van der Waals surface area contributed by atoms with Gasteiger partial charge in [-0.25, -0.2) is 0 Å². The van der Waals surface area contributed by atoms with E-state index in [1.54, 1.807) is 0 Å². The molecular weight excluding hydrogens is 226 g/mol. The van der Waals surface area contributed by atoms with Crippen molar-refractivity contribution >= 4 is 5.69 Å². The van der Waals surface area contributed by atoms with Crippen molar-refractivity contribution in [2.24, 2.45) is 0 Å². The van der Waals surface area contributed by atoms with E-state index < -0.39 is 0 Å². The summed E-state index contributed by atoms with van der Waals surface area (Å²) in [7, 11) is 0. The standard InChI is InChI=1S/C15H17NO2/c16-14-6-2-12(3-7-14)13-4-8-15(9-5-13)18-11-1-10-17/h2-9,17H,1,10-11,16H2. The number of nitrogens with two attached hydrogens (primary N) is 1. The van der Waals surface area contributed by atoms with Crippen molar-refractivity contribution in [3.8, 4) is 16.9 Å². The molecule has 0 unspecified atom stereocenters. The third-order valence-corrected chi connectivity index (χ3v) is 2.67. The highest BCUT2D eigenvalue weighted by Gasteiger charge is 1.98. The number of rotatable bonds is 5. The maximum atomic E-state index is 8.67. The van der Waals surface area contributed by atoms with Gasteiger partial charge in [-0.3, -0.25) is 0 Å². The quantitative estimate of drug-likeness (QED) is 0.627. The Kier molecular flexibility index (Phi) is 4.20. The van der Waals surface area contributed by atoms with Gasteiger partial charge in [0.15, 0.2) is 0 Å². The summed E-state index contributed by atoms with van der Waals surface area (Å²) in [5, 5.41) is 8.67. The average Bonchev–Trinajstić information content (AvgIpc) is 2.41. The Labute approximate surface area is 107 Å². The van der Waals surface area contributed by atoms with Crippen molar-refractivity contribution in [3.63, 3.8) is 0 Å². The predicted molar refractivity (Wildman–Crippen MR) is 73.5 cm³/mol. The van der Waals surface area contributed by atoms with E-state index in [1.807, 2.05) is 48.5 Å². The van der Waals surface area contributed by atoms with E-state index in [0.717, 1.165) is 22.6 Å². The predicted octanol–water partition coefficient (Wildman–Crippen LogP) is 2.70. The first-order valence-electron chi connectivity index (χ1n) is 5.99. The minimum atomic E-state index is 0.156. The van der Waals surface area contributed by atoms with Gasteiger partial charge in [0.25, 0.3) is 0 Å². The SMILES string of the molecule is Nc1ccc(-c2ccc(OCCCO)cc2)cc1. The summed E-state index contributed by atoms with van der Waals surface area (Å²) >= 11 is 0. The highest BCUT2D eigenvalue weighted by atomic mass is 16.5. The van der Waals surface area contributed by atoms with Crippen molar-refractivity contribution in [3.05, 3.63) is 48.5 Å². The van der Waals surface area contributed by atoms with Gasteiger partial charge in [0.1, 0.15) is 5.75 Å². The van der Waals surface area contributed by atoms with Crippen LogP contribution in [-0.2, 0) is 0 Å². The van der Waals surface area contributed by atoms with Crippen molar-refractivity contribution in [1.29, 1.82) is 0 Å². The fraction of sp³-hybridized carbons (Fsp3) is 0.200. The average molecular weight is 243 g/mol. The Hall–Kier alpha value is -2.00. The van der Waals surface area contributed by atoms with E-state index in [-0.39, 0.29) is 6.61 Å². The van der Waals surface area contributed by atoms with Crippen molar-refractivity contribution in [1.82, 2.24) is 0 Å². The van der Waals surface area contributed by atoms with Gasteiger partial charge in [0, 0.05) is 18.7 Å². The minimum absolute atomic E-state index is 0.156. The van der Waals surface area contributed by atoms with Crippen LogP contribution in [0.2, 0.25) is 0 Å². The number of benzene rings is 2. The van der Waals surface area contributed by atoms with Crippen LogP contribution in [0.4, 0.5) is 5.69 Å². The molecule has 0 aliphatic carbocycles. The summed E-state index contributed by atoms with van der Waals surface area (Å²) < 4.78 is 5.48. The van der Waals surface area contributed by atoms with Gasteiger partial charge in [-0.2, -0.15) is 0 Å². The Morgan fingerprint density at radius 1 is 0.889 bits per heavy atom. The summed E-state index contributed by atoms with van der Waals surface area (Å²) in [6, 6.07) is 15.7. The molecule has 0 aliphatic rings. The minimum Gasteiger partial charge on any atom is -0.494 e. The van der Waals surface area contributed by atoms with Crippen LogP contribution in [0.15, 0.2) is 48.5 Å². The number of nitrogen functional groups attached to an aromatic ring is 1. The molecule has 3 nitrogen and oxygen atoms in total. The maximum absolute atomic E-state index is 8.67. The van der Waals surface area contributed by atoms with Crippen LogP contribution < -0.4 is 10.5 Å². The molecule has 0 spiro atoms. The Balaban J connectivity index is 2.05. The van der Waals surface area contributed by atoms with Gasteiger partial charge in [-0.05, 0) is 35.4 Å². The zero-order chi connectivity index (χ0) is 12.8. The van der Waals surface area contributed by atoms with E-state index in [1.165, 1.54) is 0 Å². The van der Waals surface area contributed by atoms with Crippen LogP contribution in [0.3, 0.4) is 0 Å². The molecule has 0 saturated carbocycles. The zero-order valence-corrected chi connectivity index (χ0v) is 10.2. The van der Waals surface area contributed by atoms with E-state index in [2.05, 4.69) is 0 Å². The monoisotopic (exact) mass is 243 g/mol. The lowest BCUT2D eigenvalue weighted by atomic mass is 10.1. The van der Waals surface area contributed by atoms with Crippen molar-refractivity contribution in [2.75, 3.05) is 18.9 Å². The van der Waals surface area contributed by atoms with Crippen LogP contribution in [-0.4, -0.2) is 18.3 Å². The third kappa shape index (κ3) is 3.25. The van der Waals surface area contributed by atoms with Gasteiger partial charge < -0.3 is 15.6 Å². The van der Waals surface area contributed by atoms with Gasteiger partial charge in [-0.15, -0.1) is 0 Å². The van der Waals surface area contributed by atoms with Gasteiger partial charge in [0.2, 0.25) is 0 Å². The summed E-state index contributed by atoms with van der Waals surface area (Å²) in [6.45, 7) is 0.696. The zero-order valence-electron chi connectivity index (χ0n) is 10.2. The lowest BCUT2D eigenvalue weighted by Gasteiger charge is -2.06. The lowest BCUT2D eigenvalue weighted by Crippen LogP contribution is -1.99. The number of hydrogen-bond donors (Lipinski definition) is 2. The Morgan fingerprint density at radius 2 is 1.44 bits per heavy atom. The highest BCUT2D eigenvalue weighted by molar-refractivity contribution is 5.66. The van der Waals surface area contributed by atoms with Crippen LogP contribution in [0.25, 0.3) is 11.1 Å². The Morgan fingerprint density at radius 3 is 2.00 bits per heavy atom. The second-order valence-corrected chi connectivity index (χ2v) is 4.07. The molecule has 2 aromatic carbocycles. The summed E-state index contributed by atoms with van der Waals surface area (Å²) in [5.41, 5.74) is 8.68. The molecule has 0 aliphatic heterocycles. The van der Waals surface area contributed by atoms with E-state index in [9.17, 15) is 0 Å². The summed E-state index contributed by atoms with van der Waals surface area (Å²) in [5.74, 6) is 0.822. The van der Waals surface area contributed by atoms with E-state index in [0.29, 0.717) is 13.0 Å². The fourth-order valence-electron chi connectivity index (χ4n) is 1.67. The first kappa shape index (κ1) is 12.5. The Bertz CT molecular complexity index is 477. The van der Waals surface area contributed by atoms with Crippen LogP contribution in [0, 0.1) is 0 Å². The molecule has 0 radical (unpaired) electrons. The first-order valence-corrected chi connectivity index (χ1v) is 5.99. The van der Waals surface area contributed by atoms with Crippen LogP contribution in [0.5, 0.6) is 5.75 Å². The molecule has 2 aromatic rings. The maximum Gasteiger partial charge on any atom is 0.119 e. The van der Waals surface area contributed by atoms with Gasteiger partial charge >= 0.3 is 0 Å². The van der Waals surface area contributed by atoms with Crippen molar-refractivity contribution < 1.29 is 9.84 Å². The highest BCUT2D eigenvalue weighted by Crippen LogP contribution is 2.23. The molecule has 0 atom stereocenters. The second kappa shape index (κ2) is 6.07. The second-order valence-electron chi connectivity index (χ2n) is 4.07. The van der Waals surface area contributed by atoms with Gasteiger partial charge in [-0.1, -0.05) is 24.3 Å². The molecule has 0 aromatic heterocycles. The van der Waals surface area contributed by atoms with E-state index in [4.69, 9.17) is 15.6 Å². The molecule has 0 fully saturated rings. The normalized spacial score (nSPS) is 10.3. The number of hydrogen-bond acceptors (Lipinski definition) is 3. The largest absolute Gasteiger partial charge is 0.494 e. The van der Waals surface area contributed by atoms with Crippen LogP contribution in [0.1, 0.15) is 6.42 Å². The molecule has 0 heterocycles. The molecule has 2 rings (SSSR count). The smallest absolute Gasteiger partial charge is 0.119 e. The van der Waals surface area contributed by atoms with Crippen LogP contribution >= 0.6 is 0 Å². The lowest BCUT2D eigenvalue weighted by molar-refractivity contribution is 0.233. The molecule has 18 heavy (non-hydrogen) atoms. The molecular formula is C15H17NO2. The molecule has 94 valence electrons. The third-order valence-electron chi connectivity index (χ3n) is 2.67. The topological polar surface area (TPSA) is 55.5 Å². The van der Waals surface area contributed by atoms with Crippen molar-refractivity contribution in [2.45, 2.75) is 6.42 Å². The van der Waals surface area contributed by atoms with Gasteiger partial charge in [0.05, 0.1) is 6.61 Å². The number of aliphatic hydroxyl groups excluding tert-OH is 1. The summed E-state index contributed by atoms with van der Waals surface area (Å²) in [6.07, 6.45) is 0.652. The first-order chi connectivity index (χ1) is 8.79. The van der Waals surface area contributed by atoms with E-state index >= 15 is 0 Å². The molecule has 0 bridgehead atoms. The molecule has 0 saturated heterocycles. The number of anilines is 1. The molecule has 0 amide bonds. The fourth-order valence-corrected chi connectivity index (χ4v) is 1.67. The summed E-state index contributed by atoms with van der Waals surface area (Å²) in [4.78, 5) is 0. The number of aliphatic hydroxyl groups is 1. The molecule has 3 heteroatoms. The molecule has 3 N–H and O–H groups in total. The number of ether oxygens (including phenoxy) is 1.